The molecule has 0 spiro atoms. The van der Waals surface area contributed by atoms with Gasteiger partial charge in [0.25, 0.3) is 0 Å². The third-order valence-electron chi connectivity index (χ3n) is 5.92. The topological polar surface area (TPSA) is 65.6 Å². The Morgan fingerprint density at radius 3 is 2.34 bits per heavy atom. The van der Waals surface area contributed by atoms with Gasteiger partial charge in [-0.1, -0.05) is 44.2 Å². The monoisotopic (exact) mass is 446 g/mol. The Kier molecular flexibility index (Phi) is 11.0. The Balaban J connectivity index is 1.75. The van der Waals surface area contributed by atoms with E-state index >= 15 is 0 Å². The van der Waals surface area contributed by atoms with Crippen LogP contribution in [0.15, 0.2) is 30.3 Å². The van der Waals surface area contributed by atoms with E-state index in [4.69, 9.17) is 4.74 Å². The van der Waals surface area contributed by atoms with Crippen molar-refractivity contribution in [2.75, 3.05) is 32.7 Å². The summed E-state index contributed by atoms with van der Waals surface area (Å²) in [5.74, 6) is 0.654. The second-order valence-corrected chi connectivity index (χ2v) is 10.6. The first-order valence-corrected chi connectivity index (χ1v) is 12.4. The zero-order valence-electron chi connectivity index (χ0n) is 21.1. The van der Waals surface area contributed by atoms with Gasteiger partial charge in [-0.05, 0) is 78.1 Å². The lowest BCUT2D eigenvalue weighted by atomic mass is 9.99. The summed E-state index contributed by atoms with van der Waals surface area (Å²) < 4.78 is 5.32. The molecule has 0 aromatic heterocycles. The number of nitrogens with zero attached hydrogens (tertiary/aromatic N) is 1. The van der Waals surface area contributed by atoms with Crippen LogP contribution in [0.5, 0.6) is 0 Å². The average molecular weight is 447 g/mol. The average Bonchev–Trinajstić information content (AvgIpc) is 2.72. The zero-order valence-corrected chi connectivity index (χ0v) is 21.1. The molecule has 0 radical (unpaired) electrons. The number of ether oxygens (including phenoxy) is 1. The maximum Gasteiger partial charge on any atom is 0.407 e. The highest BCUT2D eigenvalue weighted by Crippen LogP contribution is 2.19. The van der Waals surface area contributed by atoms with Crippen molar-refractivity contribution in [2.24, 2.45) is 5.92 Å². The maximum atomic E-state index is 11.8. The molecule has 0 aliphatic carbocycles. The summed E-state index contributed by atoms with van der Waals surface area (Å²) in [7, 11) is 0. The van der Waals surface area contributed by atoms with Crippen LogP contribution in [0.4, 0.5) is 4.79 Å². The Bertz CT molecular complexity index is 652. The number of nitrogens with one attached hydrogen (secondary N) is 3. The molecule has 6 heteroatoms. The molecule has 1 aliphatic rings. The minimum Gasteiger partial charge on any atom is -0.444 e. The molecule has 1 saturated heterocycles. The number of likely N-dealkylation sites (tertiary alicyclic amines) is 1. The predicted octanol–water partition coefficient (Wildman–Crippen LogP) is 4.33. The van der Waals surface area contributed by atoms with Crippen LogP contribution in [0.2, 0.25) is 0 Å². The van der Waals surface area contributed by atoms with Crippen LogP contribution in [-0.4, -0.2) is 61.4 Å². The molecule has 2 atom stereocenters. The van der Waals surface area contributed by atoms with Gasteiger partial charge in [-0.25, -0.2) is 4.79 Å². The number of benzene rings is 1. The second-order valence-electron chi connectivity index (χ2n) is 10.6. The first-order chi connectivity index (χ1) is 15.1. The molecule has 2 rings (SSSR count). The van der Waals surface area contributed by atoms with E-state index in [2.05, 4.69) is 72.0 Å². The number of amides is 1. The van der Waals surface area contributed by atoms with Gasteiger partial charge in [0.2, 0.25) is 0 Å². The SMILES string of the molecule is CC(C)CNC[C@H](NC1CCN(C(C)CCNC(=O)OC(C)(C)C)CC1)c1ccccc1. The van der Waals surface area contributed by atoms with E-state index in [1.807, 2.05) is 20.8 Å². The number of carbonyl (C=O) groups is 1. The van der Waals surface area contributed by atoms with Gasteiger partial charge < -0.3 is 25.6 Å². The van der Waals surface area contributed by atoms with Crippen molar-refractivity contribution in [1.82, 2.24) is 20.9 Å². The van der Waals surface area contributed by atoms with E-state index in [1.54, 1.807) is 0 Å². The standard InChI is InChI=1S/C26H46N4O2/c1-20(2)18-27-19-24(22-10-8-7-9-11-22)29-23-13-16-30(17-14-23)21(3)12-15-28-25(31)32-26(4,5)6/h7-11,20-21,23-24,27,29H,12-19H2,1-6H3,(H,28,31)/t21?,24-/m0/s1. The van der Waals surface area contributed by atoms with Crippen LogP contribution in [-0.2, 0) is 4.74 Å². The van der Waals surface area contributed by atoms with Crippen molar-refractivity contribution in [1.29, 1.82) is 0 Å². The fourth-order valence-corrected chi connectivity index (χ4v) is 4.15. The van der Waals surface area contributed by atoms with Crippen molar-refractivity contribution in [2.45, 2.75) is 84.5 Å². The van der Waals surface area contributed by atoms with E-state index in [9.17, 15) is 4.79 Å². The zero-order chi connectivity index (χ0) is 23.6. The third kappa shape index (κ3) is 10.3. The second kappa shape index (κ2) is 13.2. The van der Waals surface area contributed by atoms with E-state index in [-0.39, 0.29) is 6.09 Å². The summed E-state index contributed by atoms with van der Waals surface area (Å²) in [4.78, 5) is 14.4. The Morgan fingerprint density at radius 2 is 1.75 bits per heavy atom. The first kappa shape index (κ1) is 26.6. The number of hydrogen-bond acceptors (Lipinski definition) is 5. The molecular weight excluding hydrogens is 400 g/mol. The predicted molar refractivity (Wildman–Crippen MR) is 133 cm³/mol. The van der Waals surface area contributed by atoms with Crippen molar-refractivity contribution in [3.05, 3.63) is 35.9 Å². The fourth-order valence-electron chi connectivity index (χ4n) is 4.15. The highest BCUT2D eigenvalue weighted by Gasteiger charge is 2.25. The number of hydrogen-bond donors (Lipinski definition) is 3. The van der Waals surface area contributed by atoms with E-state index in [1.165, 1.54) is 5.56 Å². The lowest BCUT2D eigenvalue weighted by Crippen LogP contribution is -2.48. The van der Waals surface area contributed by atoms with Gasteiger partial charge in [0.15, 0.2) is 0 Å². The van der Waals surface area contributed by atoms with Gasteiger partial charge in [-0.15, -0.1) is 0 Å². The normalized spacial score (nSPS) is 17.8. The molecule has 32 heavy (non-hydrogen) atoms. The van der Waals surface area contributed by atoms with Crippen molar-refractivity contribution >= 4 is 6.09 Å². The quantitative estimate of drug-likeness (QED) is 0.472. The van der Waals surface area contributed by atoms with Crippen molar-refractivity contribution < 1.29 is 9.53 Å². The van der Waals surface area contributed by atoms with E-state index in [0.29, 0.717) is 30.6 Å². The summed E-state index contributed by atoms with van der Waals surface area (Å²) in [6.45, 7) is 17.2. The van der Waals surface area contributed by atoms with Gasteiger partial charge in [-0.3, -0.25) is 0 Å². The smallest absolute Gasteiger partial charge is 0.407 e. The summed E-state index contributed by atoms with van der Waals surface area (Å²) in [6.07, 6.45) is 2.91. The molecule has 6 nitrogen and oxygen atoms in total. The summed E-state index contributed by atoms with van der Waals surface area (Å²) >= 11 is 0. The van der Waals surface area contributed by atoms with Crippen LogP contribution >= 0.6 is 0 Å². The molecule has 1 aliphatic heterocycles. The van der Waals surface area contributed by atoms with Crippen LogP contribution < -0.4 is 16.0 Å². The number of piperidine rings is 1. The number of carbonyl (C=O) groups excluding carboxylic acids is 1. The Morgan fingerprint density at radius 1 is 1.09 bits per heavy atom. The Labute approximate surface area is 195 Å². The van der Waals surface area contributed by atoms with Crippen LogP contribution in [0.1, 0.15) is 72.4 Å². The highest BCUT2D eigenvalue weighted by molar-refractivity contribution is 5.67. The van der Waals surface area contributed by atoms with Gasteiger partial charge in [0.05, 0.1) is 0 Å². The molecule has 1 aromatic rings. The summed E-state index contributed by atoms with van der Waals surface area (Å²) in [5.41, 5.74) is 0.903. The molecule has 182 valence electrons. The molecule has 1 aromatic carbocycles. The summed E-state index contributed by atoms with van der Waals surface area (Å²) in [5, 5.41) is 10.4. The van der Waals surface area contributed by atoms with Gasteiger partial charge >= 0.3 is 6.09 Å². The lowest BCUT2D eigenvalue weighted by Gasteiger charge is -2.38. The molecule has 1 amide bonds. The van der Waals surface area contributed by atoms with Gasteiger partial charge in [0.1, 0.15) is 5.60 Å². The van der Waals surface area contributed by atoms with Gasteiger partial charge in [0, 0.05) is 31.2 Å². The van der Waals surface area contributed by atoms with Crippen LogP contribution in [0.25, 0.3) is 0 Å². The van der Waals surface area contributed by atoms with E-state index < -0.39 is 5.60 Å². The number of alkyl carbamates (subject to hydrolysis) is 1. The first-order valence-electron chi connectivity index (χ1n) is 12.4. The molecule has 0 bridgehead atoms. The van der Waals surface area contributed by atoms with Crippen LogP contribution in [0.3, 0.4) is 0 Å². The Hall–Kier alpha value is -1.63. The minimum absolute atomic E-state index is 0.328. The molecule has 0 saturated carbocycles. The molecule has 1 heterocycles. The molecular formula is C26H46N4O2. The van der Waals surface area contributed by atoms with Crippen LogP contribution in [0, 0.1) is 5.92 Å². The van der Waals surface area contributed by atoms with Gasteiger partial charge in [-0.2, -0.15) is 0 Å². The number of rotatable bonds is 11. The lowest BCUT2D eigenvalue weighted by molar-refractivity contribution is 0.0520. The molecule has 3 N–H and O–H groups in total. The third-order valence-corrected chi connectivity index (χ3v) is 5.92. The van der Waals surface area contributed by atoms with Crippen molar-refractivity contribution in [3.8, 4) is 0 Å². The molecule has 1 unspecified atom stereocenters. The highest BCUT2D eigenvalue weighted by atomic mass is 16.6. The van der Waals surface area contributed by atoms with Crippen molar-refractivity contribution in [3.63, 3.8) is 0 Å². The van der Waals surface area contributed by atoms with E-state index in [0.717, 1.165) is 45.4 Å². The fraction of sp³-hybridized carbons (Fsp3) is 0.731. The molecule has 1 fully saturated rings. The largest absolute Gasteiger partial charge is 0.444 e. The summed E-state index contributed by atoms with van der Waals surface area (Å²) in [6, 6.07) is 12.1. The minimum atomic E-state index is -0.452. The maximum absolute atomic E-state index is 11.8.